The van der Waals surface area contributed by atoms with Gasteiger partial charge in [0.2, 0.25) is 6.61 Å². The quantitative estimate of drug-likeness (QED) is 0.365. The monoisotopic (exact) mass is 285 g/mol. The first-order chi connectivity index (χ1) is 8.95. The summed E-state index contributed by atoms with van der Waals surface area (Å²) in [6, 6.07) is 1.32. The van der Waals surface area contributed by atoms with Crippen molar-refractivity contribution in [2.24, 2.45) is 5.16 Å². The maximum Gasteiger partial charge on any atom is 0.344 e. The summed E-state index contributed by atoms with van der Waals surface area (Å²) in [5.41, 5.74) is 0.592. The van der Waals surface area contributed by atoms with E-state index in [1.165, 1.54) is 17.8 Å². The van der Waals surface area contributed by atoms with Gasteiger partial charge in [0.15, 0.2) is 0 Å². The molecule has 9 heteroatoms. The second kappa shape index (κ2) is 6.69. The zero-order valence-corrected chi connectivity index (χ0v) is 11.0. The van der Waals surface area contributed by atoms with Gasteiger partial charge < -0.3 is 9.94 Å². The topological polar surface area (TPSA) is 115 Å². The molecule has 0 aromatic carbocycles. The molecule has 0 bridgehead atoms. The van der Waals surface area contributed by atoms with Crippen LogP contribution in [0.15, 0.2) is 22.4 Å². The van der Waals surface area contributed by atoms with E-state index in [9.17, 15) is 14.9 Å². The highest BCUT2D eigenvalue weighted by molar-refractivity contribution is 7.98. The number of carboxylic acids is 1. The lowest BCUT2D eigenvalue weighted by Gasteiger charge is -2.05. The molecule has 19 heavy (non-hydrogen) atoms. The maximum atomic E-state index is 10.7. The van der Waals surface area contributed by atoms with Crippen LogP contribution in [0.4, 0.5) is 5.69 Å². The highest BCUT2D eigenvalue weighted by Gasteiger charge is 2.14. The number of carbonyl (C=O) groups is 1. The fraction of sp³-hybridized carbons (Fsp3) is 0.300. The van der Waals surface area contributed by atoms with E-state index in [1.54, 1.807) is 13.2 Å². The van der Waals surface area contributed by atoms with E-state index in [-0.39, 0.29) is 5.69 Å². The van der Waals surface area contributed by atoms with E-state index in [1.807, 2.05) is 0 Å². The van der Waals surface area contributed by atoms with E-state index < -0.39 is 17.5 Å². The van der Waals surface area contributed by atoms with Gasteiger partial charge in [0.1, 0.15) is 11.2 Å². The van der Waals surface area contributed by atoms with Crippen LogP contribution in [0.3, 0.4) is 0 Å². The number of carboxylic acid groups (broad SMARTS) is 1. The van der Waals surface area contributed by atoms with Gasteiger partial charge in [-0.2, -0.15) is 0 Å². The number of aliphatic carboxylic acids is 1. The van der Waals surface area contributed by atoms with E-state index in [2.05, 4.69) is 15.0 Å². The van der Waals surface area contributed by atoms with Crippen molar-refractivity contribution in [3.05, 3.63) is 27.9 Å². The van der Waals surface area contributed by atoms with Crippen LogP contribution in [0.5, 0.6) is 0 Å². The number of aromatic nitrogens is 1. The third-order valence-electron chi connectivity index (χ3n) is 2.02. The van der Waals surface area contributed by atoms with Gasteiger partial charge >= 0.3 is 5.97 Å². The van der Waals surface area contributed by atoms with Crippen molar-refractivity contribution in [1.82, 2.24) is 4.98 Å². The molecule has 0 amide bonds. The molecule has 1 N–H and O–H groups in total. The van der Waals surface area contributed by atoms with Gasteiger partial charge in [-0.15, -0.1) is 11.8 Å². The van der Waals surface area contributed by atoms with Gasteiger partial charge in [-0.3, -0.25) is 10.1 Å². The third-order valence-corrected chi connectivity index (χ3v) is 2.73. The molecular formula is C10H11N3O5S. The highest BCUT2D eigenvalue weighted by Crippen LogP contribution is 2.22. The van der Waals surface area contributed by atoms with E-state index in [0.29, 0.717) is 16.3 Å². The predicted octanol–water partition coefficient (Wildman–Crippen LogP) is 1.54. The summed E-state index contributed by atoms with van der Waals surface area (Å²) in [4.78, 5) is 29.0. The van der Waals surface area contributed by atoms with E-state index >= 15 is 0 Å². The molecule has 8 nitrogen and oxygen atoms in total. The molecule has 1 aromatic heterocycles. The number of rotatable bonds is 6. The normalized spacial score (nSPS) is 11.2. The van der Waals surface area contributed by atoms with E-state index in [0.717, 1.165) is 6.20 Å². The molecule has 1 heterocycles. The number of nitrogens with zero attached hydrogens (tertiary/aromatic N) is 3. The SMILES string of the molecule is CSc1ncc([N+](=O)[O-])cc1/C(C)=N/OCC(=O)O. The first-order valence-corrected chi connectivity index (χ1v) is 6.25. The van der Waals surface area contributed by atoms with Crippen LogP contribution >= 0.6 is 11.8 Å². The Morgan fingerprint density at radius 1 is 1.68 bits per heavy atom. The molecule has 0 aliphatic heterocycles. The Bertz CT molecular complexity index is 532. The average Bonchev–Trinajstić information content (AvgIpc) is 2.37. The number of oxime groups is 1. The summed E-state index contributed by atoms with van der Waals surface area (Å²) in [5, 5.41) is 23.3. The summed E-state index contributed by atoms with van der Waals surface area (Å²) in [5.74, 6) is -1.15. The van der Waals surface area contributed by atoms with Crippen LogP contribution in [0.1, 0.15) is 12.5 Å². The summed E-state index contributed by atoms with van der Waals surface area (Å²) in [6.07, 6.45) is 2.92. The van der Waals surface area contributed by atoms with Crippen molar-refractivity contribution < 1.29 is 19.7 Å². The van der Waals surface area contributed by atoms with Crippen LogP contribution in [0.2, 0.25) is 0 Å². The van der Waals surface area contributed by atoms with Crippen LogP contribution in [0, 0.1) is 10.1 Å². The van der Waals surface area contributed by atoms with Crippen LogP contribution in [-0.2, 0) is 9.63 Å². The standard InChI is InChI=1S/C10H11N3O5S/c1-6(12-18-5-9(14)15)8-3-7(13(16)17)4-11-10(8)19-2/h3-4H,5H2,1-2H3,(H,14,15)/b12-6+. The summed E-state index contributed by atoms with van der Waals surface area (Å²) >= 11 is 1.30. The average molecular weight is 285 g/mol. The third kappa shape index (κ3) is 4.21. The number of pyridine rings is 1. The van der Waals surface area contributed by atoms with Gasteiger partial charge in [0.25, 0.3) is 5.69 Å². The maximum absolute atomic E-state index is 10.7. The van der Waals surface area contributed by atoms with Crippen LogP contribution in [-0.4, -0.2) is 39.6 Å². The molecule has 0 saturated carbocycles. The molecular weight excluding hydrogens is 274 g/mol. The molecule has 0 atom stereocenters. The number of hydrogen-bond donors (Lipinski definition) is 1. The largest absolute Gasteiger partial charge is 0.479 e. The van der Waals surface area contributed by atoms with Gasteiger partial charge in [0, 0.05) is 11.6 Å². The van der Waals surface area contributed by atoms with Crippen LogP contribution in [0.25, 0.3) is 0 Å². The molecule has 0 radical (unpaired) electrons. The minimum atomic E-state index is -1.15. The number of hydrogen-bond acceptors (Lipinski definition) is 7. The van der Waals surface area contributed by atoms with Crippen molar-refractivity contribution in [3.8, 4) is 0 Å². The van der Waals surface area contributed by atoms with Crippen LogP contribution < -0.4 is 0 Å². The fourth-order valence-electron chi connectivity index (χ4n) is 1.20. The predicted molar refractivity (Wildman–Crippen MR) is 68.5 cm³/mol. The molecule has 1 aromatic rings. The molecule has 0 aliphatic rings. The Morgan fingerprint density at radius 3 is 2.89 bits per heavy atom. The molecule has 1 rings (SSSR count). The Hall–Kier alpha value is -2.16. The van der Waals surface area contributed by atoms with E-state index in [4.69, 9.17) is 5.11 Å². The number of thioether (sulfide) groups is 1. The molecule has 0 unspecified atom stereocenters. The smallest absolute Gasteiger partial charge is 0.344 e. The minimum Gasteiger partial charge on any atom is -0.479 e. The van der Waals surface area contributed by atoms with Crippen molar-refractivity contribution in [3.63, 3.8) is 0 Å². The fourth-order valence-corrected chi connectivity index (χ4v) is 1.78. The Morgan fingerprint density at radius 2 is 2.37 bits per heavy atom. The molecule has 0 saturated heterocycles. The Balaban J connectivity index is 3.05. The van der Waals surface area contributed by atoms with Gasteiger partial charge in [-0.1, -0.05) is 5.16 Å². The Labute approximate surface area is 112 Å². The zero-order chi connectivity index (χ0) is 14.4. The lowest BCUT2D eigenvalue weighted by Crippen LogP contribution is -2.07. The van der Waals surface area contributed by atoms with Crippen molar-refractivity contribution in [2.75, 3.05) is 12.9 Å². The lowest BCUT2D eigenvalue weighted by atomic mass is 10.2. The van der Waals surface area contributed by atoms with Gasteiger partial charge in [0.05, 0.1) is 10.6 Å². The minimum absolute atomic E-state index is 0.166. The molecule has 0 spiro atoms. The van der Waals surface area contributed by atoms with Crippen molar-refractivity contribution in [1.29, 1.82) is 0 Å². The first kappa shape index (κ1) is 14.9. The highest BCUT2D eigenvalue weighted by atomic mass is 32.2. The second-order valence-electron chi connectivity index (χ2n) is 3.35. The second-order valence-corrected chi connectivity index (χ2v) is 4.15. The van der Waals surface area contributed by atoms with Gasteiger partial charge in [-0.05, 0) is 13.2 Å². The zero-order valence-electron chi connectivity index (χ0n) is 10.2. The molecule has 0 fully saturated rings. The first-order valence-electron chi connectivity index (χ1n) is 5.03. The number of nitro groups is 1. The van der Waals surface area contributed by atoms with Crippen molar-refractivity contribution in [2.45, 2.75) is 11.9 Å². The van der Waals surface area contributed by atoms with Crippen molar-refractivity contribution >= 4 is 29.1 Å². The molecule has 0 aliphatic carbocycles. The summed E-state index contributed by atoms with van der Waals surface area (Å²) in [6.45, 7) is 0.983. The summed E-state index contributed by atoms with van der Waals surface area (Å²) in [7, 11) is 0. The molecule has 102 valence electrons. The Kier molecular flexibility index (Phi) is 5.24. The van der Waals surface area contributed by atoms with Gasteiger partial charge in [-0.25, -0.2) is 9.78 Å². The lowest BCUT2D eigenvalue weighted by molar-refractivity contribution is -0.385. The summed E-state index contributed by atoms with van der Waals surface area (Å²) < 4.78 is 0.